The third-order valence-electron chi connectivity index (χ3n) is 4.39. The molecular weight excluding hydrogens is 264 g/mol. The molecule has 6 heteroatoms. The van der Waals surface area contributed by atoms with Gasteiger partial charge in [-0.15, -0.1) is 0 Å². The normalized spacial score (nSPS) is 36.5. The van der Waals surface area contributed by atoms with E-state index in [4.69, 9.17) is 4.74 Å². The van der Waals surface area contributed by atoms with Crippen molar-refractivity contribution in [2.24, 2.45) is 5.92 Å². The average Bonchev–Trinajstić information content (AvgIpc) is 3.11. The largest absolute Gasteiger partial charge is 0.376 e. The van der Waals surface area contributed by atoms with E-state index in [2.05, 4.69) is 10.0 Å². The molecule has 5 nitrogen and oxygen atoms in total. The van der Waals surface area contributed by atoms with Crippen LogP contribution in [-0.2, 0) is 14.8 Å². The van der Waals surface area contributed by atoms with Gasteiger partial charge in [-0.25, -0.2) is 13.1 Å². The molecule has 0 bridgehead atoms. The highest BCUT2D eigenvalue weighted by atomic mass is 32.2. The predicted octanol–water partition coefficient (Wildman–Crippen LogP) is 0.615. The fourth-order valence-electron chi connectivity index (χ4n) is 3.24. The Kier molecular flexibility index (Phi) is 4.12. The molecule has 3 aliphatic rings. The SMILES string of the molecule is O=S(=O)(CC1CCCCN1)NC1CCOC1C1CC1. The lowest BCUT2D eigenvalue weighted by Crippen LogP contribution is -2.47. The molecule has 3 fully saturated rings. The first-order chi connectivity index (χ1) is 9.14. The van der Waals surface area contributed by atoms with Crippen LogP contribution in [0.3, 0.4) is 0 Å². The molecule has 3 unspecified atom stereocenters. The van der Waals surface area contributed by atoms with Gasteiger partial charge in [0.15, 0.2) is 0 Å². The second kappa shape index (κ2) is 5.68. The zero-order valence-electron chi connectivity index (χ0n) is 11.3. The number of ether oxygens (including phenoxy) is 1. The summed E-state index contributed by atoms with van der Waals surface area (Å²) in [6.45, 7) is 1.63. The summed E-state index contributed by atoms with van der Waals surface area (Å²) >= 11 is 0. The highest BCUT2D eigenvalue weighted by molar-refractivity contribution is 7.89. The zero-order valence-corrected chi connectivity index (χ0v) is 12.1. The second-order valence-electron chi connectivity index (χ2n) is 6.11. The Morgan fingerprint density at radius 1 is 1.16 bits per heavy atom. The van der Waals surface area contributed by atoms with Gasteiger partial charge in [-0.05, 0) is 44.6 Å². The predicted molar refractivity (Wildman–Crippen MR) is 73.4 cm³/mol. The Hall–Kier alpha value is -0.170. The summed E-state index contributed by atoms with van der Waals surface area (Å²) in [5, 5.41) is 3.30. The Morgan fingerprint density at radius 3 is 2.68 bits per heavy atom. The summed E-state index contributed by atoms with van der Waals surface area (Å²) < 4.78 is 33.0. The minimum absolute atomic E-state index is 0.00101. The number of sulfonamides is 1. The van der Waals surface area contributed by atoms with Crippen LogP contribution in [0.1, 0.15) is 38.5 Å². The van der Waals surface area contributed by atoms with E-state index in [1.165, 1.54) is 12.8 Å². The van der Waals surface area contributed by atoms with E-state index >= 15 is 0 Å². The Morgan fingerprint density at radius 2 is 2.00 bits per heavy atom. The van der Waals surface area contributed by atoms with E-state index in [0.717, 1.165) is 32.2 Å². The minimum atomic E-state index is -3.20. The molecule has 2 saturated heterocycles. The van der Waals surface area contributed by atoms with Crippen LogP contribution in [0.15, 0.2) is 0 Å². The molecule has 1 saturated carbocycles. The van der Waals surface area contributed by atoms with Gasteiger partial charge in [0.05, 0.1) is 17.9 Å². The van der Waals surface area contributed by atoms with Gasteiger partial charge in [0.1, 0.15) is 0 Å². The third kappa shape index (κ3) is 3.68. The van der Waals surface area contributed by atoms with Crippen LogP contribution < -0.4 is 10.0 Å². The Bertz CT molecular complexity index is 402. The fraction of sp³-hybridized carbons (Fsp3) is 1.00. The van der Waals surface area contributed by atoms with Gasteiger partial charge in [0.2, 0.25) is 10.0 Å². The molecule has 3 rings (SSSR count). The molecule has 2 aliphatic heterocycles. The van der Waals surface area contributed by atoms with Gasteiger partial charge in [-0.1, -0.05) is 6.42 Å². The average molecular weight is 288 g/mol. The van der Waals surface area contributed by atoms with E-state index in [1.807, 2.05) is 0 Å². The monoisotopic (exact) mass is 288 g/mol. The molecule has 3 atom stereocenters. The van der Waals surface area contributed by atoms with Crippen molar-refractivity contribution in [2.75, 3.05) is 18.9 Å². The van der Waals surface area contributed by atoms with Crippen molar-refractivity contribution in [3.05, 3.63) is 0 Å². The number of rotatable bonds is 5. The van der Waals surface area contributed by atoms with Crippen LogP contribution >= 0.6 is 0 Å². The highest BCUT2D eigenvalue weighted by Gasteiger charge is 2.42. The van der Waals surface area contributed by atoms with Crippen LogP contribution in [0.2, 0.25) is 0 Å². The molecule has 0 radical (unpaired) electrons. The lowest BCUT2D eigenvalue weighted by molar-refractivity contribution is 0.0848. The van der Waals surface area contributed by atoms with E-state index in [0.29, 0.717) is 12.5 Å². The smallest absolute Gasteiger partial charge is 0.213 e. The molecule has 0 spiro atoms. The summed E-state index contributed by atoms with van der Waals surface area (Å²) in [5.41, 5.74) is 0. The molecule has 110 valence electrons. The molecule has 0 aromatic heterocycles. The first-order valence-corrected chi connectivity index (χ1v) is 9.14. The first kappa shape index (κ1) is 13.8. The van der Waals surface area contributed by atoms with E-state index in [9.17, 15) is 8.42 Å². The zero-order chi connectivity index (χ0) is 13.3. The van der Waals surface area contributed by atoms with Crippen molar-refractivity contribution in [3.8, 4) is 0 Å². The fourth-order valence-corrected chi connectivity index (χ4v) is 4.86. The number of piperidine rings is 1. The maximum absolute atomic E-state index is 12.2. The first-order valence-electron chi connectivity index (χ1n) is 7.49. The molecule has 2 heterocycles. The van der Waals surface area contributed by atoms with Crippen LogP contribution in [-0.4, -0.2) is 45.5 Å². The highest BCUT2D eigenvalue weighted by Crippen LogP contribution is 2.38. The van der Waals surface area contributed by atoms with Crippen molar-refractivity contribution in [3.63, 3.8) is 0 Å². The van der Waals surface area contributed by atoms with E-state index < -0.39 is 10.0 Å². The van der Waals surface area contributed by atoms with E-state index in [1.54, 1.807) is 0 Å². The summed E-state index contributed by atoms with van der Waals surface area (Å²) in [4.78, 5) is 0. The van der Waals surface area contributed by atoms with Crippen molar-refractivity contribution >= 4 is 10.0 Å². The van der Waals surface area contributed by atoms with Gasteiger partial charge in [0.25, 0.3) is 0 Å². The maximum Gasteiger partial charge on any atom is 0.213 e. The molecule has 2 N–H and O–H groups in total. The second-order valence-corrected chi connectivity index (χ2v) is 7.91. The Balaban J connectivity index is 1.54. The van der Waals surface area contributed by atoms with Gasteiger partial charge in [-0.3, -0.25) is 0 Å². The summed E-state index contributed by atoms with van der Waals surface area (Å²) in [5.74, 6) is 0.795. The van der Waals surface area contributed by atoms with E-state index in [-0.39, 0.29) is 23.9 Å². The van der Waals surface area contributed by atoms with Crippen molar-refractivity contribution < 1.29 is 13.2 Å². The van der Waals surface area contributed by atoms with Gasteiger partial charge >= 0.3 is 0 Å². The summed E-state index contributed by atoms with van der Waals surface area (Å²) in [6.07, 6.45) is 6.57. The minimum Gasteiger partial charge on any atom is -0.376 e. The maximum atomic E-state index is 12.2. The molecule has 0 aromatic carbocycles. The van der Waals surface area contributed by atoms with Crippen molar-refractivity contribution in [1.82, 2.24) is 10.0 Å². The molecule has 0 amide bonds. The molecule has 0 aromatic rings. The standard InChI is InChI=1S/C13H24N2O3S/c16-19(17,9-11-3-1-2-7-14-11)15-12-6-8-18-13(12)10-4-5-10/h10-15H,1-9H2. The summed E-state index contributed by atoms with van der Waals surface area (Å²) in [7, 11) is -3.20. The number of nitrogens with one attached hydrogen (secondary N) is 2. The van der Waals surface area contributed by atoms with Gasteiger partial charge in [0, 0.05) is 12.6 Å². The Labute approximate surface area is 115 Å². The van der Waals surface area contributed by atoms with Crippen LogP contribution in [0.4, 0.5) is 0 Å². The van der Waals surface area contributed by atoms with Crippen LogP contribution in [0.5, 0.6) is 0 Å². The van der Waals surface area contributed by atoms with Crippen molar-refractivity contribution in [2.45, 2.75) is 56.7 Å². The van der Waals surface area contributed by atoms with Crippen LogP contribution in [0.25, 0.3) is 0 Å². The summed E-state index contributed by atoms with van der Waals surface area (Å²) in [6, 6.07) is 0.119. The number of hydrogen-bond acceptors (Lipinski definition) is 4. The molecular formula is C13H24N2O3S. The van der Waals surface area contributed by atoms with Crippen molar-refractivity contribution in [1.29, 1.82) is 0 Å². The molecule has 1 aliphatic carbocycles. The topological polar surface area (TPSA) is 67.4 Å². The lowest BCUT2D eigenvalue weighted by Gasteiger charge is -2.25. The third-order valence-corrected chi connectivity index (χ3v) is 5.89. The molecule has 19 heavy (non-hydrogen) atoms. The van der Waals surface area contributed by atoms with Gasteiger partial charge in [-0.2, -0.15) is 0 Å². The van der Waals surface area contributed by atoms with Gasteiger partial charge < -0.3 is 10.1 Å². The van der Waals surface area contributed by atoms with Crippen LogP contribution in [0, 0.1) is 5.92 Å². The number of hydrogen-bond donors (Lipinski definition) is 2. The quantitative estimate of drug-likeness (QED) is 0.778. The lowest BCUT2D eigenvalue weighted by atomic mass is 10.1.